The molecule has 0 bridgehead atoms. The van der Waals surface area contributed by atoms with Gasteiger partial charge in [-0.05, 0) is 45.0 Å². The van der Waals surface area contributed by atoms with Gasteiger partial charge in [-0.15, -0.1) is 15.0 Å². The lowest BCUT2D eigenvalue weighted by atomic mass is 9.79. The van der Waals surface area contributed by atoms with Crippen LogP contribution in [0.3, 0.4) is 0 Å². The molecule has 1 fully saturated rings. The van der Waals surface area contributed by atoms with Gasteiger partial charge in [-0.25, -0.2) is 4.98 Å². The smallest absolute Gasteiger partial charge is 0.480 e. The van der Waals surface area contributed by atoms with Crippen LogP contribution in [-0.4, -0.2) is 65.3 Å². The maximum atomic E-state index is 6.13. The van der Waals surface area contributed by atoms with E-state index in [-0.39, 0.29) is 6.73 Å². The Bertz CT molecular complexity index is 868. The molecule has 0 atom stereocenters. The summed E-state index contributed by atoms with van der Waals surface area (Å²) in [5.41, 5.74) is 0.518. The molecular formula is C19H32BN5O4Si. The second-order valence-corrected chi connectivity index (χ2v) is 15.4. The lowest BCUT2D eigenvalue weighted by Gasteiger charge is -2.32. The molecule has 164 valence electrons. The van der Waals surface area contributed by atoms with Crippen molar-refractivity contribution in [3.63, 3.8) is 0 Å². The molecule has 3 heterocycles. The van der Waals surface area contributed by atoms with Gasteiger partial charge < -0.3 is 18.8 Å². The summed E-state index contributed by atoms with van der Waals surface area (Å²) >= 11 is 0. The zero-order chi connectivity index (χ0) is 22.2. The molecule has 0 saturated carbocycles. The van der Waals surface area contributed by atoms with E-state index in [1.165, 1.54) is 4.80 Å². The van der Waals surface area contributed by atoms with Crippen LogP contribution in [0.1, 0.15) is 27.7 Å². The van der Waals surface area contributed by atoms with E-state index >= 15 is 0 Å². The zero-order valence-corrected chi connectivity index (χ0v) is 20.2. The number of hydrogen-bond acceptors (Lipinski definition) is 8. The predicted octanol–water partition coefficient (Wildman–Crippen LogP) is 2.36. The molecule has 0 unspecified atom stereocenters. The minimum absolute atomic E-state index is 0.254. The number of tetrazole rings is 1. The van der Waals surface area contributed by atoms with Crippen molar-refractivity contribution in [1.29, 1.82) is 0 Å². The molecular weight excluding hydrogens is 401 g/mol. The topological polar surface area (TPSA) is 93.4 Å². The Morgan fingerprint density at radius 3 is 2.40 bits per heavy atom. The standard InChI is InChI=1S/C19H32BN5O4Si/c1-18(2)19(3,4)29-20(28-18)14-11-15(17(26-5)21-12-14)16-22-24-25(23-16)13-27-9-10-30(6,7)8/h11-12H,9-10,13H2,1-8H3. The first-order chi connectivity index (χ1) is 13.9. The van der Waals surface area contributed by atoms with E-state index in [2.05, 4.69) is 40.0 Å². The van der Waals surface area contributed by atoms with Gasteiger partial charge in [0.1, 0.15) is 0 Å². The second-order valence-electron chi connectivity index (χ2n) is 9.75. The SMILES string of the molecule is COc1ncc(B2OC(C)(C)C(C)(C)O2)cc1-c1nnn(COCC[Si](C)(C)C)n1. The summed E-state index contributed by atoms with van der Waals surface area (Å²) in [4.78, 5) is 5.83. The number of rotatable bonds is 8. The summed E-state index contributed by atoms with van der Waals surface area (Å²) in [7, 11) is -0.110. The number of aromatic nitrogens is 5. The average molecular weight is 433 g/mol. The lowest BCUT2D eigenvalue weighted by Crippen LogP contribution is -2.41. The molecule has 3 rings (SSSR count). The predicted molar refractivity (Wildman–Crippen MR) is 117 cm³/mol. The third-order valence-corrected chi connectivity index (χ3v) is 7.19. The molecule has 2 aromatic rings. The van der Waals surface area contributed by atoms with Crippen molar-refractivity contribution >= 4 is 20.7 Å². The Hall–Kier alpha value is -1.82. The third-order valence-electron chi connectivity index (χ3n) is 5.49. The monoisotopic (exact) mass is 433 g/mol. The summed E-state index contributed by atoms with van der Waals surface area (Å²) in [6.45, 7) is 15.9. The molecule has 2 aromatic heterocycles. The number of ether oxygens (including phenoxy) is 2. The average Bonchev–Trinajstić information content (AvgIpc) is 3.19. The van der Waals surface area contributed by atoms with Crippen molar-refractivity contribution < 1.29 is 18.8 Å². The van der Waals surface area contributed by atoms with E-state index in [1.54, 1.807) is 13.3 Å². The molecule has 0 aliphatic carbocycles. The van der Waals surface area contributed by atoms with Crippen molar-refractivity contribution in [1.82, 2.24) is 25.2 Å². The summed E-state index contributed by atoms with van der Waals surface area (Å²) in [6, 6.07) is 2.96. The first-order valence-corrected chi connectivity index (χ1v) is 13.9. The molecule has 0 amide bonds. The van der Waals surface area contributed by atoms with Crippen LogP contribution in [0.25, 0.3) is 11.4 Å². The van der Waals surface area contributed by atoms with Crippen LogP contribution < -0.4 is 10.2 Å². The quantitative estimate of drug-likeness (QED) is 0.463. The van der Waals surface area contributed by atoms with Gasteiger partial charge in [-0.3, -0.25) is 0 Å². The number of hydrogen-bond donors (Lipinski definition) is 0. The maximum Gasteiger partial charge on any atom is 0.496 e. The first-order valence-electron chi connectivity index (χ1n) is 10.2. The number of pyridine rings is 1. The Kier molecular flexibility index (Phi) is 6.38. The fourth-order valence-electron chi connectivity index (χ4n) is 2.83. The zero-order valence-electron chi connectivity index (χ0n) is 19.2. The van der Waals surface area contributed by atoms with E-state index in [0.717, 1.165) is 11.5 Å². The summed E-state index contributed by atoms with van der Waals surface area (Å²) < 4.78 is 23.4. The minimum Gasteiger partial charge on any atom is -0.480 e. The summed E-state index contributed by atoms with van der Waals surface area (Å²) in [5, 5.41) is 12.7. The van der Waals surface area contributed by atoms with Crippen LogP contribution >= 0.6 is 0 Å². The number of nitrogens with zero attached hydrogens (tertiary/aromatic N) is 5. The summed E-state index contributed by atoms with van der Waals surface area (Å²) in [5.74, 6) is 0.820. The van der Waals surface area contributed by atoms with Gasteiger partial charge in [0.15, 0.2) is 6.73 Å². The van der Waals surface area contributed by atoms with Crippen LogP contribution in [0, 0.1) is 0 Å². The molecule has 30 heavy (non-hydrogen) atoms. The highest BCUT2D eigenvalue weighted by Gasteiger charge is 2.52. The van der Waals surface area contributed by atoms with Crippen molar-refractivity contribution in [2.75, 3.05) is 13.7 Å². The van der Waals surface area contributed by atoms with Gasteiger partial charge in [-0.1, -0.05) is 19.6 Å². The molecule has 11 heteroatoms. The van der Waals surface area contributed by atoms with Gasteiger partial charge in [0.25, 0.3) is 0 Å². The number of methoxy groups -OCH3 is 1. The highest BCUT2D eigenvalue weighted by Crippen LogP contribution is 2.37. The van der Waals surface area contributed by atoms with Gasteiger partial charge in [0.05, 0.1) is 23.9 Å². The molecule has 9 nitrogen and oxygen atoms in total. The Balaban J connectivity index is 1.76. The highest BCUT2D eigenvalue weighted by atomic mass is 28.3. The normalized spacial score (nSPS) is 18.1. The second kappa shape index (κ2) is 8.37. The van der Waals surface area contributed by atoms with E-state index < -0.39 is 26.4 Å². The van der Waals surface area contributed by atoms with Crippen molar-refractivity contribution in [2.24, 2.45) is 0 Å². The van der Waals surface area contributed by atoms with Gasteiger partial charge in [0, 0.05) is 26.3 Å². The van der Waals surface area contributed by atoms with E-state index in [0.29, 0.717) is 23.9 Å². The van der Waals surface area contributed by atoms with E-state index in [9.17, 15) is 0 Å². The van der Waals surface area contributed by atoms with Gasteiger partial charge in [0.2, 0.25) is 11.7 Å². The Morgan fingerprint density at radius 2 is 1.80 bits per heavy atom. The largest absolute Gasteiger partial charge is 0.496 e. The minimum atomic E-state index is -1.13. The van der Waals surface area contributed by atoms with Crippen LogP contribution in [-0.2, 0) is 20.8 Å². The Labute approximate surface area is 179 Å². The Morgan fingerprint density at radius 1 is 1.13 bits per heavy atom. The van der Waals surface area contributed by atoms with Crippen molar-refractivity contribution in [3.8, 4) is 17.3 Å². The molecule has 0 spiro atoms. The molecule has 1 saturated heterocycles. The molecule has 0 N–H and O–H groups in total. The fraction of sp³-hybridized carbons (Fsp3) is 0.684. The van der Waals surface area contributed by atoms with Crippen molar-refractivity contribution in [2.45, 2.75) is 71.3 Å². The van der Waals surface area contributed by atoms with Crippen molar-refractivity contribution in [3.05, 3.63) is 12.3 Å². The fourth-order valence-corrected chi connectivity index (χ4v) is 3.59. The first kappa shape index (κ1) is 22.9. The van der Waals surface area contributed by atoms with E-state index in [1.807, 2.05) is 33.8 Å². The molecule has 0 radical (unpaired) electrons. The molecule has 1 aliphatic rings. The molecule has 1 aliphatic heterocycles. The molecule has 0 aromatic carbocycles. The van der Waals surface area contributed by atoms with Crippen LogP contribution in [0.15, 0.2) is 12.3 Å². The van der Waals surface area contributed by atoms with Crippen LogP contribution in [0.4, 0.5) is 0 Å². The lowest BCUT2D eigenvalue weighted by molar-refractivity contribution is 0.00578. The highest BCUT2D eigenvalue weighted by molar-refractivity contribution is 6.76. The maximum absolute atomic E-state index is 6.13. The third kappa shape index (κ3) is 5.08. The van der Waals surface area contributed by atoms with Crippen LogP contribution in [0.5, 0.6) is 5.88 Å². The summed E-state index contributed by atoms with van der Waals surface area (Å²) in [6.07, 6.45) is 1.69. The van der Waals surface area contributed by atoms with Gasteiger partial charge in [-0.2, -0.15) is 0 Å². The van der Waals surface area contributed by atoms with E-state index in [4.69, 9.17) is 18.8 Å². The van der Waals surface area contributed by atoms with Crippen LogP contribution in [0.2, 0.25) is 25.7 Å². The van der Waals surface area contributed by atoms with Gasteiger partial charge >= 0.3 is 7.12 Å².